The van der Waals surface area contributed by atoms with Gasteiger partial charge >= 0.3 is 23.9 Å². The summed E-state index contributed by atoms with van der Waals surface area (Å²) in [6.07, 6.45) is 47.3. The fourth-order valence-electron chi connectivity index (χ4n) is 7.74. The smallest absolute Gasteiger partial charge is 0.335 e. The van der Waals surface area contributed by atoms with Crippen LogP contribution in [0.3, 0.4) is 0 Å². The van der Waals surface area contributed by atoms with Crippen molar-refractivity contribution in [3.05, 3.63) is 85.1 Å². The molecule has 0 aromatic rings. The van der Waals surface area contributed by atoms with Gasteiger partial charge in [0.25, 0.3) is 0 Å². The normalized spacial score (nSPS) is 19.1. The molecule has 0 bridgehead atoms. The molecule has 1 rings (SSSR count). The fraction of sp³-hybridized carbons (Fsp3) is 0.695. The number of hydrogen-bond acceptors (Lipinski definition) is 11. The second-order valence-corrected chi connectivity index (χ2v) is 18.5. The summed E-state index contributed by atoms with van der Waals surface area (Å²) in [5.74, 6) is -3.25. The number of aliphatic hydroxyl groups excluding tert-OH is 2. The van der Waals surface area contributed by atoms with Crippen molar-refractivity contribution in [2.75, 3.05) is 13.2 Å². The van der Waals surface area contributed by atoms with Gasteiger partial charge in [-0.15, -0.1) is 0 Å². The van der Waals surface area contributed by atoms with Gasteiger partial charge < -0.3 is 39.0 Å². The largest absolute Gasteiger partial charge is 0.479 e. The highest BCUT2D eigenvalue weighted by atomic mass is 16.7. The van der Waals surface area contributed by atoms with Crippen LogP contribution in [0.4, 0.5) is 0 Å². The van der Waals surface area contributed by atoms with Crippen LogP contribution in [-0.4, -0.2) is 89.2 Å². The SMILES string of the molecule is CC/C=C\C/C=C\C/C=C\C/C=C\C/C=C\C/C=C\CCC(=O)OCC(COC1OC(C(=O)O)C(O)C(O)C1OC(=O)CCCCCCC/C=C\CCCCCC)OC(=O)CCCCCCCCCCC. The van der Waals surface area contributed by atoms with Crippen molar-refractivity contribution >= 4 is 23.9 Å². The first-order valence-corrected chi connectivity index (χ1v) is 27.6. The lowest BCUT2D eigenvalue weighted by Crippen LogP contribution is -2.61. The average Bonchev–Trinajstić information content (AvgIpc) is 3.35. The van der Waals surface area contributed by atoms with E-state index in [1.54, 1.807) is 0 Å². The van der Waals surface area contributed by atoms with E-state index in [1.165, 1.54) is 57.8 Å². The molecule has 12 heteroatoms. The minimum Gasteiger partial charge on any atom is -0.479 e. The first-order valence-electron chi connectivity index (χ1n) is 27.6. The summed E-state index contributed by atoms with van der Waals surface area (Å²) in [4.78, 5) is 50.8. The van der Waals surface area contributed by atoms with E-state index < -0.39 is 67.3 Å². The van der Waals surface area contributed by atoms with Crippen molar-refractivity contribution in [3.8, 4) is 0 Å². The number of ether oxygens (including phenoxy) is 5. The first kappa shape index (κ1) is 64.9. The Morgan fingerprint density at radius 2 is 0.915 bits per heavy atom. The molecule has 6 atom stereocenters. The van der Waals surface area contributed by atoms with Crippen molar-refractivity contribution in [1.29, 1.82) is 0 Å². The van der Waals surface area contributed by atoms with Crippen LogP contribution in [0.1, 0.15) is 213 Å². The summed E-state index contributed by atoms with van der Waals surface area (Å²) in [7, 11) is 0. The monoisotopic (exact) mass is 997 g/mol. The molecular formula is C59H96O12. The minimum atomic E-state index is -1.91. The van der Waals surface area contributed by atoms with Crippen molar-refractivity contribution in [3.63, 3.8) is 0 Å². The van der Waals surface area contributed by atoms with Crippen LogP contribution >= 0.6 is 0 Å². The number of carboxylic acids is 1. The minimum absolute atomic E-state index is 0.0413. The maximum atomic E-state index is 13.0. The number of carbonyl (C=O) groups is 4. The van der Waals surface area contributed by atoms with E-state index in [-0.39, 0.29) is 25.9 Å². The van der Waals surface area contributed by atoms with Crippen LogP contribution in [-0.2, 0) is 42.9 Å². The van der Waals surface area contributed by atoms with Gasteiger partial charge in [0, 0.05) is 19.3 Å². The van der Waals surface area contributed by atoms with Crippen LogP contribution in [0.15, 0.2) is 85.1 Å². The molecular weight excluding hydrogens is 901 g/mol. The number of esters is 3. The summed E-state index contributed by atoms with van der Waals surface area (Å²) in [6, 6.07) is 0. The van der Waals surface area contributed by atoms with E-state index in [0.717, 1.165) is 96.3 Å². The van der Waals surface area contributed by atoms with Gasteiger partial charge in [-0.2, -0.15) is 0 Å². The number of carbonyl (C=O) groups excluding carboxylic acids is 3. The second-order valence-electron chi connectivity index (χ2n) is 18.5. The third kappa shape index (κ3) is 37.3. The highest BCUT2D eigenvalue weighted by molar-refractivity contribution is 5.74. The number of hydrogen-bond donors (Lipinski definition) is 3. The van der Waals surface area contributed by atoms with Crippen LogP contribution in [0.25, 0.3) is 0 Å². The van der Waals surface area contributed by atoms with Crippen LogP contribution in [0.2, 0.25) is 0 Å². The van der Waals surface area contributed by atoms with E-state index in [0.29, 0.717) is 19.3 Å². The predicted molar refractivity (Wildman–Crippen MR) is 284 cm³/mol. The molecule has 0 spiro atoms. The Morgan fingerprint density at radius 1 is 0.479 bits per heavy atom. The van der Waals surface area contributed by atoms with Crippen LogP contribution < -0.4 is 0 Å². The number of allylic oxidation sites excluding steroid dienone is 14. The van der Waals surface area contributed by atoms with E-state index >= 15 is 0 Å². The summed E-state index contributed by atoms with van der Waals surface area (Å²) >= 11 is 0. The molecule has 0 aromatic heterocycles. The highest BCUT2D eigenvalue weighted by Crippen LogP contribution is 2.26. The lowest BCUT2D eigenvalue weighted by molar-refractivity contribution is -0.301. The summed E-state index contributed by atoms with van der Waals surface area (Å²) in [5, 5.41) is 31.3. The summed E-state index contributed by atoms with van der Waals surface area (Å²) in [6.45, 7) is 5.74. The van der Waals surface area contributed by atoms with E-state index in [2.05, 4.69) is 93.7 Å². The van der Waals surface area contributed by atoms with Crippen LogP contribution in [0.5, 0.6) is 0 Å². The number of aliphatic hydroxyl groups is 2. The standard InChI is InChI=1S/C59H96O12/c1-4-7-10-13-16-19-21-23-24-25-26-27-28-30-31-34-36-39-42-45-51(60)67-48-50(69-52(61)46-43-40-37-33-18-15-12-9-6-3)49-68-59-57(55(64)54(63)56(71-59)58(65)66)70-53(62)47-44-41-38-35-32-29-22-20-17-14-11-8-5-2/h7,10,16,19-20,22-24,26-27,30-31,36,39,50,54-57,59,63-64H,4-6,8-9,11-15,17-18,21,25,28-29,32-35,37-38,40-49H2,1-3H3,(H,65,66)/b10-7-,19-16-,22-20-,24-23-,27-26-,31-30-,39-36-. The molecule has 12 nitrogen and oxygen atoms in total. The van der Waals surface area contributed by atoms with E-state index in [9.17, 15) is 34.5 Å². The van der Waals surface area contributed by atoms with Gasteiger partial charge in [-0.05, 0) is 83.5 Å². The van der Waals surface area contributed by atoms with Gasteiger partial charge in [0.15, 0.2) is 24.6 Å². The number of unbranched alkanes of at least 4 members (excludes halogenated alkanes) is 17. The Morgan fingerprint density at radius 3 is 1.42 bits per heavy atom. The maximum Gasteiger partial charge on any atom is 0.335 e. The molecule has 404 valence electrons. The quantitative estimate of drug-likeness (QED) is 0.0228. The third-order valence-corrected chi connectivity index (χ3v) is 12.0. The Hall–Kier alpha value is -4.10. The molecule has 0 aromatic carbocycles. The lowest BCUT2D eigenvalue weighted by atomic mass is 9.98. The Bertz CT molecular complexity index is 1560. The Kier molecular flexibility index (Phi) is 42.9. The summed E-state index contributed by atoms with van der Waals surface area (Å²) < 4.78 is 28.2. The molecule has 1 aliphatic heterocycles. The van der Waals surface area contributed by atoms with E-state index in [1.807, 2.05) is 12.2 Å². The van der Waals surface area contributed by atoms with Gasteiger partial charge in [0.1, 0.15) is 18.8 Å². The summed E-state index contributed by atoms with van der Waals surface area (Å²) in [5.41, 5.74) is 0. The highest BCUT2D eigenvalue weighted by Gasteiger charge is 2.50. The molecule has 1 heterocycles. The zero-order valence-electron chi connectivity index (χ0n) is 44.2. The fourth-order valence-corrected chi connectivity index (χ4v) is 7.74. The zero-order valence-corrected chi connectivity index (χ0v) is 44.2. The molecule has 1 aliphatic rings. The van der Waals surface area contributed by atoms with Crippen molar-refractivity contribution in [1.82, 2.24) is 0 Å². The number of aliphatic carboxylic acids is 1. The molecule has 71 heavy (non-hydrogen) atoms. The third-order valence-electron chi connectivity index (χ3n) is 12.0. The molecule has 1 fully saturated rings. The van der Waals surface area contributed by atoms with Gasteiger partial charge in [-0.3, -0.25) is 14.4 Å². The first-order chi connectivity index (χ1) is 34.6. The average molecular weight is 997 g/mol. The Labute approximate surface area is 429 Å². The molecule has 1 saturated heterocycles. The van der Waals surface area contributed by atoms with Crippen molar-refractivity contribution in [2.45, 2.75) is 250 Å². The molecule has 0 amide bonds. The molecule has 0 saturated carbocycles. The number of carboxylic acid groups (broad SMARTS) is 1. The zero-order chi connectivity index (χ0) is 51.8. The van der Waals surface area contributed by atoms with Gasteiger partial charge in [0.2, 0.25) is 0 Å². The van der Waals surface area contributed by atoms with Gasteiger partial charge in [0.05, 0.1) is 6.61 Å². The molecule has 3 N–H and O–H groups in total. The van der Waals surface area contributed by atoms with Crippen molar-refractivity contribution < 1.29 is 58.2 Å². The maximum absolute atomic E-state index is 13.0. The van der Waals surface area contributed by atoms with Crippen molar-refractivity contribution in [2.24, 2.45) is 0 Å². The lowest BCUT2D eigenvalue weighted by Gasteiger charge is -2.40. The molecule has 6 unspecified atom stereocenters. The van der Waals surface area contributed by atoms with Gasteiger partial charge in [-0.1, -0.05) is 196 Å². The topological polar surface area (TPSA) is 175 Å². The second kappa shape index (κ2) is 46.9. The predicted octanol–water partition coefficient (Wildman–Crippen LogP) is 13.6. The van der Waals surface area contributed by atoms with Crippen LogP contribution in [0, 0.1) is 0 Å². The number of rotatable bonds is 45. The molecule has 0 radical (unpaired) electrons. The van der Waals surface area contributed by atoms with Gasteiger partial charge in [-0.25, -0.2) is 4.79 Å². The molecule has 0 aliphatic carbocycles. The Balaban J connectivity index is 2.73. The van der Waals surface area contributed by atoms with E-state index in [4.69, 9.17) is 23.7 Å².